The third-order valence-corrected chi connectivity index (χ3v) is 5.20. The average molecular weight is 390 g/mol. The summed E-state index contributed by atoms with van der Waals surface area (Å²) in [5.74, 6) is 0.600. The SMILES string of the molecule is CC(C)CNS(=O)(=O)c1ccc(CN=C(N)NCCc2ccccn2)cc1. The summed E-state index contributed by atoms with van der Waals surface area (Å²) in [5, 5.41) is 3.05. The van der Waals surface area contributed by atoms with E-state index >= 15 is 0 Å². The quantitative estimate of drug-likeness (QED) is 0.446. The number of hydrogen-bond donors (Lipinski definition) is 3. The topological polar surface area (TPSA) is 109 Å². The van der Waals surface area contributed by atoms with Crippen molar-refractivity contribution in [2.24, 2.45) is 16.6 Å². The maximum absolute atomic E-state index is 12.2. The number of nitrogens with one attached hydrogen (secondary N) is 2. The third-order valence-electron chi connectivity index (χ3n) is 3.76. The second-order valence-corrected chi connectivity index (χ2v) is 8.36. The Morgan fingerprint density at radius 3 is 2.56 bits per heavy atom. The minimum atomic E-state index is -3.47. The summed E-state index contributed by atoms with van der Waals surface area (Å²) in [6.45, 7) is 5.35. The molecule has 0 unspecified atom stereocenters. The Kier molecular flexibility index (Phi) is 7.75. The monoisotopic (exact) mass is 389 g/mol. The first-order valence-electron chi connectivity index (χ1n) is 8.89. The van der Waals surface area contributed by atoms with Crippen molar-refractivity contribution in [2.75, 3.05) is 13.1 Å². The molecule has 0 spiro atoms. The van der Waals surface area contributed by atoms with Gasteiger partial charge in [-0.05, 0) is 35.7 Å². The molecule has 0 radical (unpaired) electrons. The van der Waals surface area contributed by atoms with E-state index in [0.29, 0.717) is 25.6 Å². The molecule has 0 amide bonds. The molecule has 4 N–H and O–H groups in total. The van der Waals surface area contributed by atoms with Crippen LogP contribution in [0, 0.1) is 5.92 Å². The maximum Gasteiger partial charge on any atom is 0.240 e. The van der Waals surface area contributed by atoms with Crippen molar-refractivity contribution in [2.45, 2.75) is 31.7 Å². The third kappa shape index (κ3) is 7.36. The van der Waals surface area contributed by atoms with Crippen LogP contribution in [0.2, 0.25) is 0 Å². The first-order chi connectivity index (χ1) is 12.9. The molecule has 0 bridgehead atoms. The number of benzene rings is 1. The number of sulfonamides is 1. The Balaban J connectivity index is 1.83. The van der Waals surface area contributed by atoms with Gasteiger partial charge in [-0.15, -0.1) is 0 Å². The second-order valence-electron chi connectivity index (χ2n) is 6.59. The standard InChI is InChI=1S/C19H27N5O2S/c1-15(2)13-24-27(25,26)18-8-6-16(7-9-18)14-23-19(20)22-12-10-17-5-3-4-11-21-17/h3-9,11,15,24H,10,12-14H2,1-2H3,(H3,20,22,23). The highest BCUT2D eigenvalue weighted by molar-refractivity contribution is 7.89. The molecule has 2 aromatic rings. The van der Waals surface area contributed by atoms with Gasteiger partial charge in [0.15, 0.2) is 5.96 Å². The number of nitrogens with zero attached hydrogens (tertiary/aromatic N) is 2. The van der Waals surface area contributed by atoms with Crippen molar-refractivity contribution in [3.05, 3.63) is 59.9 Å². The molecule has 0 atom stereocenters. The van der Waals surface area contributed by atoms with Crippen LogP contribution in [0.25, 0.3) is 0 Å². The molecule has 0 aliphatic rings. The lowest BCUT2D eigenvalue weighted by molar-refractivity contribution is 0.560. The number of rotatable bonds is 9. The zero-order chi connectivity index (χ0) is 19.7. The van der Waals surface area contributed by atoms with Crippen LogP contribution in [-0.2, 0) is 23.0 Å². The predicted octanol–water partition coefficient (Wildman–Crippen LogP) is 1.66. The first kappa shape index (κ1) is 20.9. The Labute approximate surface area is 161 Å². The summed E-state index contributed by atoms with van der Waals surface area (Å²) in [4.78, 5) is 8.77. The van der Waals surface area contributed by atoms with Crippen molar-refractivity contribution in [1.82, 2.24) is 15.0 Å². The number of nitrogens with two attached hydrogens (primary N) is 1. The van der Waals surface area contributed by atoms with E-state index in [1.165, 1.54) is 0 Å². The number of aromatic nitrogens is 1. The van der Waals surface area contributed by atoms with E-state index < -0.39 is 10.0 Å². The summed E-state index contributed by atoms with van der Waals surface area (Å²) in [5.41, 5.74) is 7.73. The van der Waals surface area contributed by atoms with E-state index in [9.17, 15) is 8.42 Å². The summed E-state index contributed by atoms with van der Waals surface area (Å²) >= 11 is 0. The maximum atomic E-state index is 12.2. The lowest BCUT2D eigenvalue weighted by Gasteiger charge is -2.09. The van der Waals surface area contributed by atoms with E-state index in [-0.39, 0.29) is 10.8 Å². The second kappa shape index (κ2) is 10.0. The van der Waals surface area contributed by atoms with E-state index in [0.717, 1.165) is 17.7 Å². The highest BCUT2D eigenvalue weighted by atomic mass is 32.2. The molecule has 1 heterocycles. The Bertz CT molecular complexity index is 834. The Morgan fingerprint density at radius 2 is 1.93 bits per heavy atom. The molecule has 0 saturated carbocycles. The predicted molar refractivity (Wildman–Crippen MR) is 108 cm³/mol. The van der Waals surface area contributed by atoms with Crippen LogP contribution >= 0.6 is 0 Å². The smallest absolute Gasteiger partial charge is 0.240 e. The fourth-order valence-corrected chi connectivity index (χ4v) is 3.44. The minimum absolute atomic E-state index is 0.248. The molecular weight excluding hydrogens is 362 g/mol. The number of pyridine rings is 1. The zero-order valence-corrected chi connectivity index (χ0v) is 16.5. The van der Waals surface area contributed by atoms with E-state index in [2.05, 4.69) is 20.0 Å². The molecule has 146 valence electrons. The van der Waals surface area contributed by atoms with Crippen LogP contribution in [0.15, 0.2) is 58.5 Å². The van der Waals surface area contributed by atoms with Gasteiger partial charge < -0.3 is 11.1 Å². The first-order valence-corrected chi connectivity index (χ1v) is 10.4. The largest absolute Gasteiger partial charge is 0.370 e. The minimum Gasteiger partial charge on any atom is -0.370 e. The van der Waals surface area contributed by atoms with Crippen molar-refractivity contribution in [3.8, 4) is 0 Å². The molecule has 8 heteroatoms. The molecule has 1 aromatic heterocycles. The molecule has 0 fully saturated rings. The fraction of sp³-hybridized carbons (Fsp3) is 0.368. The molecule has 2 rings (SSSR count). The van der Waals surface area contributed by atoms with E-state index in [1.807, 2.05) is 32.0 Å². The van der Waals surface area contributed by atoms with Crippen molar-refractivity contribution >= 4 is 16.0 Å². The van der Waals surface area contributed by atoms with Crippen molar-refractivity contribution < 1.29 is 8.42 Å². The molecule has 7 nitrogen and oxygen atoms in total. The van der Waals surface area contributed by atoms with Crippen molar-refractivity contribution in [3.63, 3.8) is 0 Å². The van der Waals surface area contributed by atoms with Gasteiger partial charge in [-0.25, -0.2) is 18.1 Å². The summed E-state index contributed by atoms with van der Waals surface area (Å²) in [6.07, 6.45) is 2.52. The Morgan fingerprint density at radius 1 is 1.19 bits per heavy atom. The van der Waals surface area contributed by atoms with Crippen molar-refractivity contribution in [1.29, 1.82) is 0 Å². The number of guanidine groups is 1. The lowest BCUT2D eigenvalue weighted by atomic mass is 10.2. The van der Waals surface area contributed by atoms with Crippen LogP contribution < -0.4 is 15.8 Å². The van der Waals surface area contributed by atoms with E-state index in [1.54, 1.807) is 30.5 Å². The normalized spacial score (nSPS) is 12.3. The Hall–Kier alpha value is -2.45. The van der Waals surface area contributed by atoms with Gasteiger partial charge in [0.1, 0.15) is 0 Å². The molecular formula is C19H27N5O2S. The molecule has 0 aliphatic carbocycles. The van der Waals surface area contributed by atoms with Gasteiger partial charge in [0.2, 0.25) is 10.0 Å². The average Bonchev–Trinajstić information content (AvgIpc) is 2.66. The van der Waals surface area contributed by atoms with E-state index in [4.69, 9.17) is 5.73 Å². The highest BCUT2D eigenvalue weighted by Crippen LogP contribution is 2.11. The zero-order valence-electron chi connectivity index (χ0n) is 15.7. The van der Waals surface area contributed by atoms with Gasteiger partial charge in [-0.2, -0.15) is 0 Å². The molecule has 0 aliphatic heterocycles. The lowest BCUT2D eigenvalue weighted by Crippen LogP contribution is -2.33. The highest BCUT2D eigenvalue weighted by Gasteiger charge is 2.13. The van der Waals surface area contributed by atoms with Gasteiger partial charge >= 0.3 is 0 Å². The number of hydrogen-bond acceptors (Lipinski definition) is 4. The molecule has 27 heavy (non-hydrogen) atoms. The van der Waals surface area contributed by atoms with Gasteiger partial charge in [0.25, 0.3) is 0 Å². The summed E-state index contributed by atoms with van der Waals surface area (Å²) < 4.78 is 26.9. The van der Waals surface area contributed by atoms with Gasteiger partial charge in [0.05, 0.1) is 11.4 Å². The van der Waals surface area contributed by atoms with Crippen LogP contribution in [0.5, 0.6) is 0 Å². The fourth-order valence-electron chi connectivity index (χ4n) is 2.23. The molecule has 1 aromatic carbocycles. The van der Waals surface area contributed by atoms with Crippen LogP contribution in [-0.4, -0.2) is 32.5 Å². The van der Waals surface area contributed by atoms with Gasteiger partial charge in [0, 0.05) is 31.4 Å². The van der Waals surface area contributed by atoms with Gasteiger partial charge in [-0.1, -0.05) is 32.0 Å². The summed E-state index contributed by atoms with van der Waals surface area (Å²) in [6, 6.07) is 12.4. The van der Waals surface area contributed by atoms with Crippen LogP contribution in [0.4, 0.5) is 0 Å². The summed E-state index contributed by atoms with van der Waals surface area (Å²) in [7, 11) is -3.47. The van der Waals surface area contributed by atoms with Crippen LogP contribution in [0.3, 0.4) is 0 Å². The van der Waals surface area contributed by atoms with Gasteiger partial charge in [-0.3, -0.25) is 4.98 Å². The van der Waals surface area contributed by atoms with Crippen LogP contribution in [0.1, 0.15) is 25.1 Å². The number of aliphatic imine (C=N–C) groups is 1. The molecule has 0 saturated heterocycles.